The van der Waals surface area contributed by atoms with Crippen molar-refractivity contribution in [1.82, 2.24) is 9.88 Å². The van der Waals surface area contributed by atoms with E-state index in [-0.39, 0.29) is 5.54 Å². The molecule has 98 valence electrons. The van der Waals surface area contributed by atoms with Crippen molar-refractivity contribution in [3.05, 3.63) is 18.3 Å². The van der Waals surface area contributed by atoms with Gasteiger partial charge in [-0.15, -0.1) is 0 Å². The molecule has 4 N–H and O–H groups in total. The Morgan fingerprint density at radius 3 is 2.78 bits per heavy atom. The molecule has 1 aromatic heterocycles. The molecule has 2 heterocycles. The molecule has 6 heteroatoms. The first-order chi connectivity index (χ1) is 8.50. The van der Waals surface area contributed by atoms with Gasteiger partial charge >= 0.3 is 6.09 Å². The molecule has 0 atom stereocenters. The largest absolute Gasteiger partial charge is 0.465 e. The van der Waals surface area contributed by atoms with Gasteiger partial charge in [0.25, 0.3) is 0 Å². The number of rotatable bonds is 2. The van der Waals surface area contributed by atoms with Crippen molar-refractivity contribution in [2.24, 2.45) is 0 Å². The molecule has 1 saturated heterocycles. The zero-order chi connectivity index (χ0) is 13.2. The maximum Gasteiger partial charge on any atom is 0.407 e. The first kappa shape index (κ1) is 12.5. The van der Waals surface area contributed by atoms with E-state index in [1.54, 1.807) is 18.3 Å². The van der Waals surface area contributed by atoms with E-state index in [1.807, 2.05) is 0 Å². The summed E-state index contributed by atoms with van der Waals surface area (Å²) in [5.74, 6) is 0.670. The molecule has 0 radical (unpaired) electrons. The van der Waals surface area contributed by atoms with Gasteiger partial charge in [0.05, 0.1) is 5.69 Å². The van der Waals surface area contributed by atoms with Crippen LogP contribution < -0.4 is 11.1 Å². The van der Waals surface area contributed by atoms with Crippen LogP contribution >= 0.6 is 0 Å². The van der Waals surface area contributed by atoms with Gasteiger partial charge < -0.3 is 21.1 Å². The number of aromatic nitrogens is 1. The van der Waals surface area contributed by atoms with Crippen LogP contribution in [0.5, 0.6) is 0 Å². The fourth-order valence-corrected chi connectivity index (χ4v) is 2.12. The number of nitrogens with two attached hydrogens (primary N) is 1. The number of pyridine rings is 1. The Morgan fingerprint density at radius 2 is 2.22 bits per heavy atom. The molecule has 0 aromatic carbocycles. The molecule has 2 rings (SSSR count). The summed E-state index contributed by atoms with van der Waals surface area (Å²) in [4.78, 5) is 16.5. The molecule has 1 fully saturated rings. The highest BCUT2D eigenvalue weighted by molar-refractivity contribution is 5.65. The molecule has 0 bridgehead atoms. The zero-order valence-corrected chi connectivity index (χ0v) is 10.4. The lowest BCUT2D eigenvalue weighted by molar-refractivity contribution is 0.124. The fraction of sp³-hybridized carbons (Fsp3) is 0.500. The summed E-state index contributed by atoms with van der Waals surface area (Å²) in [5.41, 5.74) is 6.29. The molecule has 0 saturated carbocycles. The molecule has 1 aliphatic heterocycles. The number of hydrogen-bond acceptors (Lipinski definition) is 4. The van der Waals surface area contributed by atoms with Crippen LogP contribution in [-0.2, 0) is 0 Å². The predicted molar refractivity (Wildman–Crippen MR) is 69.5 cm³/mol. The summed E-state index contributed by atoms with van der Waals surface area (Å²) >= 11 is 0. The van der Waals surface area contributed by atoms with Gasteiger partial charge in [-0.2, -0.15) is 0 Å². The van der Waals surface area contributed by atoms with E-state index in [2.05, 4.69) is 17.2 Å². The Balaban J connectivity index is 2.02. The van der Waals surface area contributed by atoms with Gasteiger partial charge in [0.15, 0.2) is 0 Å². The number of anilines is 2. The minimum absolute atomic E-state index is 0.158. The molecule has 0 spiro atoms. The summed E-state index contributed by atoms with van der Waals surface area (Å²) in [7, 11) is 0. The first-order valence-corrected chi connectivity index (χ1v) is 5.97. The van der Waals surface area contributed by atoms with Crippen molar-refractivity contribution in [2.45, 2.75) is 25.3 Å². The molecule has 0 aliphatic carbocycles. The Kier molecular flexibility index (Phi) is 3.27. The minimum Gasteiger partial charge on any atom is -0.465 e. The van der Waals surface area contributed by atoms with E-state index in [4.69, 9.17) is 10.8 Å². The number of nitrogen functional groups attached to an aromatic ring is 1. The zero-order valence-electron chi connectivity index (χ0n) is 10.4. The normalized spacial score (nSPS) is 18.4. The molecule has 0 unspecified atom stereocenters. The summed E-state index contributed by atoms with van der Waals surface area (Å²) < 4.78 is 0. The third kappa shape index (κ3) is 2.64. The number of carboxylic acid groups (broad SMARTS) is 1. The lowest BCUT2D eigenvalue weighted by atomic mass is 9.89. The molecule has 1 aromatic rings. The molecule has 6 nitrogen and oxygen atoms in total. The van der Waals surface area contributed by atoms with Crippen LogP contribution in [0.15, 0.2) is 18.3 Å². The standard InChI is InChI=1S/C12H18N4O2/c1-12(4-7-16(8-5-12)11(17)18)15-10-9(13)3-2-6-14-10/h2-3,6H,4-5,7-8,13H2,1H3,(H,14,15)(H,17,18). The Hall–Kier alpha value is -1.98. The van der Waals surface area contributed by atoms with E-state index in [0.717, 1.165) is 12.8 Å². The lowest BCUT2D eigenvalue weighted by Crippen LogP contribution is -2.48. The Labute approximate surface area is 106 Å². The summed E-state index contributed by atoms with van der Waals surface area (Å²) in [5, 5.41) is 12.2. The molecular weight excluding hydrogens is 232 g/mol. The van der Waals surface area contributed by atoms with Crippen molar-refractivity contribution in [3.8, 4) is 0 Å². The minimum atomic E-state index is -0.852. The Morgan fingerprint density at radius 1 is 1.56 bits per heavy atom. The van der Waals surface area contributed by atoms with Crippen LogP contribution in [0.25, 0.3) is 0 Å². The van der Waals surface area contributed by atoms with Gasteiger partial charge in [-0.05, 0) is 31.9 Å². The van der Waals surface area contributed by atoms with Crippen LogP contribution in [0.2, 0.25) is 0 Å². The topological polar surface area (TPSA) is 91.5 Å². The highest BCUT2D eigenvalue weighted by Crippen LogP contribution is 2.27. The van der Waals surface area contributed by atoms with Gasteiger partial charge in [-0.3, -0.25) is 0 Å². The Bertz CT molecular complexity index is 441. The number of nitrogens with zero attached hydrogens (tertiary/aromatic N) is 2. The van der Waals surface area contributed by atoms with Crippen molar-refractivity contribution >= 4 is 17.6 Å². The van der Waals surface area contributed by atoms with Gasteiger partial charge in [-0.25, -0.2) is 9.78 Å². The number of piperidine rings is 1. The maximum absolute atomic E-state index is 10.9. The van der Waals surface area contributed by atoms with Crippen LogP contribution in [0, 0.1) is 0 Å². The number of likely N-dealkylation sites (tertiary alicyclic amines) is 1. The number of hydrogen-bond donors (Lipinski definition) is 3. The van der Waals surface area contributed by atoms with Gasteiger partial charge in [-0.1, -0.05) is 0 Å². The second-order valence-electron chi connectivity index (χ2n) is 4.90. The van der Waals surface area contributed by atoms with E-state index < -0.39 is 6.09 Å². The maximum atomic E-state index is 10.9. The highest BCUT2D eigenvalue weighted by Gasteiger charge is 2.32. The van der Waals surface area contributed by atoms with E-state index >= 15 is 0 Å². The van der Waals surface area contributed by atoms with Crippen molar-refractivity contribution in [2.75, 3.05) is 24.1 Å². The smallest absolute Gasteiger partial charge is 0.407 e. The summed E-state index contributed by atoms with van der Waals surface area (Å²) in [6.07, 6.45) is 2.33. The van der Waals surface area contributed by atoms with Crippen LogP contribution in [0.1, 0.15) is 19.8 Å². The van der Waals surface area contributed by atoms with Gasteiger partial charge in [0, 0.05) is 24.8 Å². The third-order valence-corrected chi connectivity index (χ3v) is 3.40. The number of nitrogens with one attached hydrogen (secondary N) is 1. The van der Waals surface area contributed by atoms with E-state index in [1.165, 1.54) is 4.90 Å². The average molecular weight is 250 g/mol. The number of amides is 1. The molecule has 18 heavy (non-hydrogen) atoms. The van der Waals surface area contributed by atoms with Crippen molar-refractivity contribution in [1.29, 1.82) is 0 Å². The lowest BCUT2D eigenvalue weighted by Gasteiger charge is -2.39. The summed E-state index contributed by atoms with van der Waals surface area (Å²) in [6, 6.07) is 3.58. The highest BCUT2D eigenvalue weighted by atomic mass is 16.4. The fourth-order valence-electron chi connectivity index (χ4n) is 2.12. The number of carbonyl (C=O) groups is 1. The monoisotopic (exact) mass is 250 g/mol. The predicted octanol–water partition coefficient (Wildman–Crippen LogP) is 1.61. The molecular formula is C12H18N4O2. The van der Waals surface area contributed by atoms with Crippen molar-refractivity contribution < 1.29 is 9.90 Å². The van der Waals surface area contributed by atoms with Gasteiger partial charge in [0.2, 0.25) is 0 Å². The average Bonchev–Trinajstić information content (AvgIpc) is 2.32. The third-order valence-electron chi connectivity index (χ3n) is 3.40. The van der Waals surface area contributed by atoms with Crippen molar-refractivity contribution in [3.63, 3.8) is 0 Å². The van der Waals surface area contributed by atoms with E-state index in [0.29, 0.717) is 24.6 Å². The molecule has 1 amide bonds. The van der Waals surface area contributed by atoms with Gasteiger partial charge in [0.1, 0.15) is 5.82 Å². The molecule has 1 aliphatic rings. The quantitative estimate of drug-likeness (QED) is 0.741. The SMILES string of the molecule is CC1(Nc2ncccc2N)CCN(C(=O)O)CC1. The van der Waals surface area contributed by atoms with Crippen LogP contribution in [0.3, 0.4) is 0 Å². The second kappa shape index (κ2) is 4.72. The summed E-state index contributed by atoms with van der Waals surface area (Å²) in [6.45, 7) is 3.14. The second-order valence-corrected chi connectivity index (χ2v) is 4.90. The van der Waals surface area contributed by atoms with E-state index in [9.17, 15) is 4.79 Å². The van der Waals surface area contributed by atoms with Crippen LogP contribution in [0.4, 0.5) is 16.3 Å². The first-order valence-electron chi connectivity index (χ1n) is 5.97. The van der Waals surface area contributed by atoms with Crippen LogP contribution in [-0.4, -0.2) is 39.7 Å².